The number of carboxylic acid groups (broad SMARTS) is 1. The van der Waals surface area contributed by atoms with Crippen molar-refractivity contribution in [1.29, 1.82) is 0 Å². The topological polar surface area (TPSA) is 102 Å². The number of aliphatic carboxylic acids is 1. The zero-order valence-corrected chi connectivity index (χ0v) is 33.1. The van der Waals surface area contributed by atoms with Gasteiger partial charge in [-0.1, -0.05) is 135 Å². The third kappa shape index (κ3) is 33.3. The van der Waals surface area contributed by atoms with Crippen LogP contribution in [0.5, 0.6) is 0 Å². The largest absolute Gasteiger partial charge is 0.544 e. The first-order valence-electron chi connectivity index (χ1n) is 19.1. The summed E-state index contributed by atoms with van der Waals surface area (Å²) in [5.74, 6) is -1.96. The zero-order chi connectivity index (χ0) is 39.3. The van der Waals surface area contributed by atoms with Crippen LogP contribution in [-0.2, 0) is 28.6 Å². The fourth-order valence-electron chi connectivity index (χ4n) is 4.56. The normalized spacial score (nSPS) is 14.4. The molecular formula is C45H67NO7. The Morgan fingerprint density at radius 3 is 1.62 bits per heavy atom. The molecule has 2 atom stereocenters. The first-order chi connectivity index (χ1) is 25.6. The summed E-state index contributed by atoms with van der Waals surface area (Å²) in [6.07, 6.45) is 48.3. The molecule has 0 aliphatic rings. The molecule has 294 valence electrons. The highest BCUT2D eigenvalue weighted by Gasteiger charge is 2.25. The maximum absolute atomic E-state index is 12.6. The van der Waals surface area contributed by atoms with Crippen molar-refractivity contribution in [1.82, 2.24) is 0 Å². The molecule has 8 nitrogen and oxygen atoms in total. The molecule has 0 rings (SSSR count). The van der Waals surface area contributed by atoms with Gasteiger partial charge in [-0.05, 0) is 57.8 Å². The summed E-state index contributed by atoms with van der Waals surface area (Å²) >= 11 is 0. The van der Waals surface area contributed by atoms with Crippen molar-refractivity contribution in [3.63, 3.8) is 0 Å². The van der Waals surface area contributed by atoms with E-state index in [1.54, 1.807) is 21.1 Å². The van der Waals surface area contributed by atoms with Gasteiger partial charge in [-0.15, -0.1) is 0 Å². The second-order valence-corrected chi connectivity index (χ2v) is 13.2. The molecule has 0 N–H and O–H groups in total. The number of carboxylic acids is 1. The molecule has 0 fully saturated rings. The summed E-state index contributed by atoms with van der Waals surface area (Å²) in [4.78, 5) is 36.6. The molecule has 0 aromatic carbocycles. The van der Waals surface area contributed by atoms with E-state index in [2.05, 4.69) is 68.5 Å². The molecule has 0 aliphatic heterocycles. The molecule has 0 saturated carbocycles. The van der Waals surface area contributed by atoms with Gasteiger partial charge in [-0.2, -0.15) is 0 Å². The molecule has 0 aromatic rings. The van der Waals surface area contributed by atoms with Crippen molar-refractivity contribution < 1.29 is 38.2 Å². The van der Waals surface area contributed by atoms with E-state index in [1.807, 2.05) is 66.8 Å². The first kappa shape index (κ1) is 48.7. The maximum Gasteiger partial charge on any atom is 0.306 e. The number of rotatable bonds is 31. The highest BCUT2D eigenvalue weighted by atomic mass is 16.6. The second kappa shape index (κ2) is 34.8. The standard InChI is InChI=1S/C45H67NO7/c1-6-8-10-12-14-16-18-20-21-22-24-25-27-29-31-33-35-43(47)52-40-41(39-51-38-37-42(45(49)50)46(3,4)5)53-44(48)36-34-32-30-28-26-23-19-17-15-13-11-9-7-2/h8-11,13-17,19-21,23-26,28-31,41-42H,6-7,12,18,22,27,32-40H2,1-5H3/b10-8+,11-9+,15-13+,16-14+,19-17+,21-20+,25-24+,26-23+,30-28+,31-29+. The van der Waals surface area contributed by atoms with E-state index < -0.39 is 30.1 Å². The van der Waals surface area contributed by atoms with Crippen LogP contribution in [0.25, 0.3) is 0 Å². The van der Waals surface area contributed by atoms with E-state index in [4.69, 9.17) is 14.2 Å². The summed E-state index contributed by atoms with van der Waals surface area (Å²) in [6, 6.07) is -0.756. The van der Waals surface area contributed by atoms with Crippen LogP contribution in [0.2, 0.25) is 0 Å². The lowest BCUT2D eigenvalue weighted by Gasteiger charge is -2.34. The lowest BCUT2D eigenvalue weighted by Crippen LogP contribution is -2.55. The van der Waals surface area contributed by atoms with Crippen LogP contribution in [0.3, 0.4) is 0 Å². The quantitative estimate of drug-likeness (QED) is 0.0231. The number of nitrogens with zero attached hydrogens (tertiary/aromatic N) is 1. The predicted octanol–water partition coefficient (Wildman–Crippen LogP) is 8.57. The number of quaternary nitrogens is 1. The fraction of sp³-hybridized carbons (Fsp3) is 0.489. The Hall–Kier alpha value is -4.27. The van der Waals surface area contributed by atoms with E-state index in [0.29, 0.717) is 19.3 Å². The van der Waals surface area contributed by atoms with Gasteiger partial charge in [0.2, 0.25) is 0 Å². The number of hydrogen-bond donors (Lipinski definition) is 0. The van der Waals surface area contributed by atoms with Gasteiger partial charge in [0.25, 0.3) is 0 Å². The van der Waals surface area contributed by atoms with Crippen LogP contribution in [0.15, 0.2) is 122 Å². The van der Waals surface area contributed by atoms with Gasteiger partial charge in [0, 0.05) is 19.3 Å². The van der Waals surface area contributed by atoms with Crippen LogP contribution < -0.4 is 5.11 Å². The van der Waals surface area contributed by atoms with Gasteiger partial charge in [0.1, 0.15) is 12.6 Å². The van der Waals surface area contributed by atoms with Gasteiger partial charge in [0.05, 0.1) is 40.3 Å². The van der Waals surface area contributed by atoms with Crippen molar-refractivity contribution in [2.75, 3.05) is 41.0 Å². The number of hydrogen-bond acceptors (Lipinski definition) is 7. The summed E-state index contributed by atoms with van der Waals surface area (Å²) < 4.78 is 16.9. The van der Waals surface area contributed by atoms with Crippen molar-refractivity contribution in [2.45, 2.75) is 103 Å². The minimum atomic E-state index is -1.15. The smallest absolute Gasteiger partial charge is 0.306 e. The number of allylic oxidation sites excluding steroid dienone is 20. The van der Waals surface area contributed by atoms with E-state index >= 15 is 0 Å². The molecule has 0 bridgehead atoms. The maximum atomic E-state index is 12.6. The van der Waals surface area contributed by atoms with Crippen molar-refractivity contribution in [3.05, 3.63) is 122 Å². The van der Waals surface area contributed by atoms with Crippen LogP contribution in [0.4, 0.5) is 0 Å². The highest BCUT2D eigenvalue weighted by Crippen LogP contribution is 2.09. The Morgan fingerprint density at radius 2 is 1.09 bits per heavy atom. The van der Waals surface area contributed by atoms with E-state index in [0.717, 1.165) is 38.5 Å². The molecule has 0 aliphatic carbocycles. The van der Waals surface area contributed by atoms with Gasteiger partial charge in [0.15, 0.2) is 6.10 Å². The third-order valence-electron chi connectivity index (χ3n) is 7.48. The molecule has 53 heavy (non-hydrogen) atoms. The lowest BCUT2D eigenvalue weighted by molar-refractivity contribution is -0.889. The van der Waals surface area contributed by atoms with Crippen molar-refractivity contribution in [2.24, 2.45) is 0 Å². The monoisotopic (exact) mass is 733 g/mol. The van der Waals surface area contributed by atoms with Gasteiger partial charge >= 0.3 is 11.9 Å². The molecule has 0 aromatic heterocycles. The Labute approximate surface area is 320 Å². The number of carbonyl (C=O) groups is 3. The van der Waals surface area contributed by atoms with Crippen LogP contribution in [-0.4, -0.2) is 75.5 Å². The number of unbranched alkanes of at least 4 members (excludes halogenated alkanes) is 1. The SMILES string of the molecule is CC/C=C/C=C/C=C/C=C/C=C/CCCC(=O)OC(COCCC(C(=O)[O-])[N+](C)(C)C)COC(=O)CC/C=C/C/C=C/C/C=C/C/C=C/C/C=C/CC. The number of likely N-dealkylation sites (N-methyl/N-ethyl adjacent to an activating group) is 1. The molecule has 2 unspecified atom stereocenters. The fourth-order valence-corrected chi connectivity index (χ4v) is 4.56. The van der Waals surface area contributed by atoms with Gasteiger partial charge in [-0.3, -0.25) is 9.59 Å². The van der Waals surface area contributed by atoms with Crippen LogP contribution in [0.1, 0.15) is 90.9 Å². The average Bonchev–Trinajstić information content (AvgIpc) is 3.11. The molecule has 0 radical (unpaired) electrons. The summed E-state index contributed by atoms with van der Waals surface area (Å²) in [5, 5.41) is 11.6. The molecule has 0 saturated heterocycles. The van der Waals surface area contributed by atoms with Gasteiger partial charge in [-0.25, -0.2) is 0 Å². The van der Waals surface area contributed by atoms with E-state index in [-0.39, 0.29) is 43.6 Å². The third-order valence-corrected chi connectivity index (χ3v) is 7.48. The number of ether oxygens (including phenoxy) is 3. The predicted molar refractivity (Wildman–Crippen MR) is 217 cm³/mol. The average molecular weight is 734 g/mol. The van der Waals surface area contributed by atoms with E-state index in [1.165, 1.54) is 0 Å². The molecule has 0 spiro atoms. The number of esters is 2. The first-order valence-corrected chi connectivity index (χ1v) is 19.1. The minimum Gasteiger partial charge on any atom is -0.544 e. The van der Waals surface area contributed by atoms with Crippen LogP contribution >= 0.6 is 0 Å². The molecule has 8 heteroatoms. The van der Waals surface area contributed by atoms with Crippen molar-refractivity contribution in [3.8, 4) is 0 Å². The lowest BCUT2D eigenvalue weighted by atomic mass is 10.1. The molecular weight excluding hydrogens is 666 g/mol. The number of carbonyl (C=O) groups excluding carboxylic acids is 3. The van der Waals surface area contributed by atoms with E-state index in [9.17, 15) is 19.5 Å². The minimum absolute atomic E-state index is 0.0208. The van der Waals surface area contributed by atoms with Gasteiger partial charge < -0.3 is 28.6 Å². The molecule has 0 amide bonds. The Balaban J connectivity index is 4.69. The summed E-state index contributed by atoms with van der Waals surface area (Å²) in [5.41, 5.74) is 0. The highest BCUT2D eigenvalue weighted by molar-refractivity contribution is 5.70. The Kier molecular flexibility index (Phi) is 32.0. The van der Waals surface area contributed by atoms with Crippen molar-refractivity contribution >= 4 is 17.9 Å². The zero-order valence-electron chi connectivity index (χ0n) is 33.1. The molecule has 0 heterocycles. The summed E-state index contributed by atoms with van der Waals surface area (Å²) in [7, 11) is 5.33. The second-order valence-electron chi connectivity index (χ2n) is 13.2. The Morgan fingerprint density at radius 1 is 0.585 bits per heavy atom. The van der Waals surface area contributed by atoms with Crippen LogP contribution in [0, 0.1) is 0 Å². The summed E-state index contributed by atoms with van der Waals surface area (Å²) in [6.45, 7) is 4.19. The Bertz CT molecular complexity index is 1270.